The summed E-state index contributed by atoms with van der Waals surface area (Å²) in [7, 11) is 0. The molecule has 0 radical (unpaired) electrons. The number of hydrogen-bond donors (Lipinski definition) is 0. The summed E-state index contributed by atoms with van der Waals surface area (Å²) in [5.74, 6) is 0.819. The topological polar surface area (TPSA) is 0 Å². The van der Waals surface area contributed by atoms with Gasteiger partial charge in [0.2, 0.25) is 0 Å². The van der Waals surface area contributed by atoms with Gasteiger partial charge < -0.3 is 0 Å². The molecule has 0 aromatic carbocycles. The Kier molecular flexibility index (Phi) is 5.53. The van der Waals surface area contributed by atoms with Crippen molar-refractivity contribution < 1.29 is 4.39 Å². The van der Waals surface area contributed by atoms with Crippen LogP contribution in [0.25, 0.3) is 0 Å². The summed E-state index contributed by atoms with van der Waals surface area (Å²) in [4.78, 5) is 0. The van der Waals surface area contributed by atoms with E-state index in [0.717, 1.165) is 12.8 Å². The maximum atomic E-state index is 12.9. The molecule has 0 saturated heterocycles. The zero-order chi connectivity index (χ0) is 8.85. The Morgan fingerprint density at radius 1 is 1.18 bits per heavy atom. The van der Waals surface area contributed by atoms with E-state index in [1.165, 1.54) is 6.42 Å². The molecule has 0 N–H and O–H groups in total. The predicted octanol–water partition coefficient (Wildman–Crippen LogP) is 3.81. The van der Waals surface area contributed by atoms with Crippen LogP contribution in [0.3, 0.4) is 0 Å². The van der Waals surface area contributed by atoms with Crippen LogP contribution in [0.15, 0.2) is 0 Å². The average molecular weight is 160 g/mol. The lowest BCUT2D eigenvalue weighted by Crippen LogP contribution is -2.19. The summed E-state index contributed by atoms with van der Waals surface area (Å²) in [6.45, 7) is 8.08. The SMILES string of the molecule is CCCC(C)C(CC)C(C)F. The maximum absolute atomic E-state index is 12.9. The zero-order valence-corrected chi connectivity index (χ0v) is 8.23. The van der Waals surface area contributed by atoms with Gasteiger partial charge in [-0.05, 0) is 18.8 Å². The van der Waals surface area contributed by atoms with E-state index in [2.05, 4.69) is 20.8 Å². The average Bonchev–Trinajstić information content (AvgIpc) is 1.88. The first-order chi connectivity index (χ1) is 5.13. The summed E-state index contributed by atoms with van der Waals surface area (Å²) in [6, 6.07) is 0. The van der Waals surface area contributed by atoms with Gasteiger partial charge in [0.15, 0.2) is 0 Å². The van der Waals surface area contributed by atoms with Gasteiger partial charge in [0.05, 0.1) is 0 Å². The molecule has 0 aromatic rings. The third-order valence-electron chi connectivity index (χ3n) is 2.54. The van der Waals surface area contributed by atoms with Crippen molar-refractivity contribution in [2.75, 3.05) is 0 Å². The molecular weight excluding hydrogens is 139 g/mol. The standard InChI is InChI=1S/C10H21F/c1-5-7-8(3)10(6-2)9(4)11/h8-10H,5-7H2,1-4H3. The van der Waals surface area contributed by atoms with Crippen LogP contribution in [-0.4, -0.2) is 6.17 Å². The van der Waals surface area contributed by atoms with E-state index in [0.29, 0.717) is 5.92 Å². The fourth-order valence-corrected chi connectivity index (χ4v) is 1.85. The van der Waals surface area contributed by atoms with Gasteiger partial charge in [-0.2, -0.15) is 0 Å². The molecule has 1 heteroatoms. The predicted molar refractivity (Wildman–Crippen MR) is 48.4 cm³/mol. The second-order valence-electron chi connectivity index (χ2n) is 3.52. The summed E-state index contributed by atoms with van der Waals surface area (Å²) >= 11 is 0. The Hall–Kier alpha value is -0.0700. The molecule has 3 unspecified atom stereocenters. The largest absolute Gasteiger partial charge is 0.247 e. The minimum Gasteiger partial charge on any atom is -0.247 e. The highest BCUT2D eigenvalue weighted by molar-refractivity contribution is 4.69. The Balaban J connectivity index is 3.81. The molecule has 3 atom stereocenters. The molecule has 0 saturated carbocycles. The monoisotopic (exact) mass is 160 g/mol. The molecule has 0 aliphatic carbocycles. The van der Waals surface area contributed by atoms with E-state index >= 15 is 0 Å². The lowest BCUT2D eigenvalue weighted by molar-refractivity contribution is 0.176. The van der Waals surface area contributed by atoms with Gasteiger partial charge in [0.1, 0.15) is 6.17 Å². The van der Waals surface area contributed by atoms with Crippen LogP contribution in [0.1, 0.15) is 47.0 Å². The Morgan fingerprint density at radius 3 is 2.00 bits per heavy atom. The quantitative estimate of drug-likeness (QED) is 0.573. The van der Waals surface area contributed by atoms with Gasteiger partial charge in [-0.25, -0.2) is 4.39 Å². The molecule has 0 bridgehead atoms. The first-order valence-corrected chi connectivity index (χ1v) is 4.77. The summed E-state index contributed by atoms with van der Waals surface area (Å²) in [6.07, 6.45) is 2.66. The van der Waals surface area contributed by atoms with Gasteiger partial charge in [0, 0.05) is 0 Å². The minimum atomic E-state index is -0.637. The van der Waals surface area contributed by atoms with Gasteiger partial charge in [-0.3, -0.25) is 0 Å². The second kappa shape index (κ2) is 5.56. The zero-order valence-electron chi connectivity index (χ0n) is 8.23. The molecule has 0 spiro atoms. The first-order valence-electron chi connectivity index (χ1n) is 4.77. The molecule has 0 amide bonds. The van der Waals surface area contributed by atoms with E-state index in [1.807, 2.05) is 0 Å². The van der Waals surface area contributed by atoms with E-state index in [4.69, 9.17) is 0 Å². The highest BCUT2D eigenvalue weighted by Crippen LogP contribution is 2.25. The van der Waals surface area contributed by atoms with E-state index in [-0.39, 0.29) is 5.92 Å². The molecule has 68 valence electrons. The number of rotatable bonds is 5. The summed E-state index contributed by atoms with van der Waals surface area (Å²) in [5.41, 5.74) is 0. The fourth-order valence-electron chi connectivity index (χ4n) is 1.85. The van der Waals surface area contributed by atoms with E-state index in [9.17, 15) is 4.39 Å². The van der Waals surface area contributed by atoms with Crippen LogP contribution >= 0.6 is 0 Å². The van der Waals surface area contributed by atoms with Gasteiger partial charge in [-0.15, -0.1) is 0 Å². The van der Waals surface area contributed by atoms with Crippen molar-refractivity contribution in [2.45, 2.75) is 53.1 Å². The maximum Gasteiger partial charge on any atom is 0.100 e. The fraction of sp³-hybridized carbons (Fsp3) is 1.00. The third kappa shape index (κ3) is 3.74. The van der Waals surface area contributed by atoms with Crippen molar-refractivity contribution in [3.8, 4) is 0 Å². The molecular formula is C10H21F. The molecule has 0 fully saturated rings. The molecule has 0 aliphatic rings. The van der Waals surface area contributed by atoms with Crippen molar-refractivity contribution in [1.29, 1.82) is 0 Å². The van der Waals surface area contributed by atoms with E-state index < -0.39 is 6.17 Å². The van der Waals surface area contributed by atoms with Crippen LogP contribution < -0.4 is 0 Å². The van der Waals surface area contributed by atoms with Crippen molar-refractivity contribution in [2.24, 2.45) is 11.8 Å². The molecule has 11 heavy (non-hydrogen) atoms. The van der Waals surface area contributed by atoms with E-state index in [1.54, 1.807) is 6.92 Å². The Bertz CT molecular complexity index is 88.9. The van der Waals surface area contributed by atoms with Gasteiger partial charge in [-0.1, -0.05) is 40.0 Å². The highest BCUT2D eigenvalue weighted by atomic mass is 19.1. The van der Waals surface area contributed by atoms with Crippen LogP contribution in [0.2, 0.25) is 0 Å². The van der Waals surface area contributed by atoms with Crippen LogP contribution in [-0.2, 0) is 0 Å². The molecule has 0 aromatic heterocycles. The first kappa shape index (κ1) is 10.9. The van der Waals surface area contributed by atoms with Crippen molar-refractivity contribution in [3.63, 3.8) is 0 Å². The summed E-state index contributed by atoms with van der Waals surface area (Å²) in [5, 5.41) is 0. The molecule has 0 heterocycles. The number of halogens is 1. The van der Waals surface area contributed by atoms with Crippen molar-refractivity contribution in [1.82, 2.24) is 0 Å². The lowest BCUT2D eigenvalue weighted by atomic mass is 9.85. The van der Waals surface area contributed by atoms with Gasteiger partial charge in [0.25, 0.3) is 0 Å². The van der Waals surface area contributed by atoms with Crippen LogP contribution in [0, 0.1) is 11.8 Å². The van der Waals surface area contributed by atoms with Crippen molar-refractivity contribution in [3.05, 3.63) is 0 Å². The minimum absolute atomic E-state index is 0.273. The number of alkyl halides is 1. The van der Waals surface area contributed by atoms with Crippen LogP contribution in [0.4, 0.5) is 4.39 Å². The summed E-state index contributed by atoms with van der Waals surface area (Å²) < 4.78 is 12.9. The Morgan fingerprint density at radius 2 is 1.73 bits per heavy atom. The molecule has 0 aliphatic heterocycles. The third-order valence-corrected chi connectivity index (χ3v) is 2.54. The Labute approximate surface area is 70.2 Å². The number of hydrogen-bond acceptors (Lipinski definition) is 0. The lowest BCUT2D eigenvalue weighted by Gasteiger charge is -2.23. The smallest absolute Gasteiger partial charge is 0.100 e. The van der Waals surface area contributed by atoms with Gasteiger partial charge >= 0.3 is 0 Å². The molecule has 0 nitrogen and oxygen atoms in total. The molecule has 0 rings (SSSR count). The highest BCUT2D eigenvalue weighted by Gasteiger charge is 2.20. The van der Waals surface area contributed by atoms with Crippen molar-refractivity contribution >= 4 is 0 Å². The normalized spacial score (nSPS) is 19.4. The second-order valence-corrected chi connectivity index (χ2v) is 3.52. The van der Waals surface area contributed by atoms with Crippen LogP contribution in [0.5, 0.6) is 0 Å².